The summed E-state index contributed by atoms with van der Waals surface area (Å²) in [5.74, 6) is 0.855. The minimum Gasteiger partial charge on any atom is -0.497 e. The van der Waals surface area contributed by atoms with E-state index in [1.807, 2.05) is 12.1 Å². The van der Waals surface area contributed by atoms with Gasteiger partial charge in [0, 0.05) is 8.95 Å². The molecular formula is C17H19Br2NO. The predicted molar refractivity (Wildman–Crippen MR) is 95.1 cm³/mol. The Morgan fingerprint density at radius 2 is 1.81 bits per heavy atom. The summed E-state index contributed by atoms with van der Waals surface area (Å²) in [7, 11) is 1.68. The summed E-state index contributed by atoms with van der Waals surface area (Å²) in [4.78, 5) is 0. The molecule has 2 aromatic carbocycles. The minimum atomic E-state index is 0.156. The maximum atomic E-state index is 5.28. The molecule has 0 spiro atoms. The third-order valence-corrected chi connectivity index (χ3v) is 4.65. The number of ether oxygens (including phenoxy) is 1. The highest BCUT2D eigenvalue weighted by molar-refractivity contribution is 9.10. The largest absolute Gasteiger partial charge is 0.497 e. The number of methoxy groups -OCH3 is 1. The summed E-state index contributed by atoms with van der Waals surface area (Å²) in [6.45, 7) is 5.17. The summed E-state index contributed by atoms with van der Waals surface area (Å²) in [5.41, 5.74) is 3.76. The number of rotatable bonds is 5. The normalized spacial score (nSPS) is 12.2. The number of hydrogen-bond donors (Lipinski definition) is 1. The zero-order valence-electron chi connectivity index (χ0n) is 12.4. The van der Waals surface area contributed by atoms with Crippen LogP contribution in [0.25, 0.3) is 0 Å². The van der Waals surface area contributed by atoms with Gasteiger partial charge in [0.25, 0.3) is 0 Å². The van der Waals surface area contributed by atoms with Crippen molar-refractivity contribution in [1.82, 2.24) is 5.32 Å². The lowest BCUT2D eigenvalue weighted by atomic mass is 9.95. The molecule has 0 aliphatic heterocycles. The Morgan fingerprint density at radius 3 is 2.38 bits per heavy atom. The monoisotopic (exact) mass is 411 g/mol. The fourth-order valence-electron chi connectivity index (χ4n) is 2.42. The molecule has 4 heteroatoms. The minimum absolute atomic E-state index is 0.156. The maximum Gasteiger partial charge on any atom is 0.120 e. The summed E-state index contributed by atoms with van der Waals surface area (Å²) in [6.07, 6.45) is 0. The zero-order chi connectivity index (χ0) is 15.4. The van der Waals surface area contributed by atoms with Crippen LogP contribution in [0.15, 0.2) is 45.3 Å². The summed E-state index contributed by atoms with van der Waals surface area (Å²) in [5, 5.41) is 3.57. The molecular weight excluding hydrogens is 394 g/mol. The van der Waals surface area contributed by atoms with Crippen molar-refractivity contribution in [2.24, 2.45) is 0 Å². The van der Waals surface area contributed by atoms with E-state index in [1.165, 1.54) is 16.7 Å². The number of aryl methyl sites for hydroxylation is 1. The van der Waals surface area contributed by atoms with Crippen molar-refractivity contribution in [3.05, 3.63) is 62.0 Å². The highest BCUT2D eigenvalue weighted by Crippen LogP contribution is 2.33. The van der Waals surface area contributed by atoms with Gasteiger partial charge in [0.2, 0.25) is 0 Å². The fourth-order valence-corrected chi connectivity index (χ4v) is 3.49. The van der Waals surface area contributed by atoms with Crippen LogP contribution in [0.2, 0.25) is 0 Å². The fraction of sp³-hybridized carbons (Fsp3) is 0.294. The number of hydrogen-bond acceptors (Lipinski definition) is 2. The van der Waals surface area contributed by atoms with Crippen molar-refractivity contribution in [3.8, 4) is 5.75 Å². The SMILES string of the molecule is CCNC(c1ccc(Br)cc1C)c1ccc(OC)cc1Br. The first-order chi connectivity index (χ1) is 10.1. The first kappa shape index (κ1) is 16.5. The van der Waals surface area contributed by atoms with Gasteiger partial charge in [0.05, 0.1) is 13.2 Å². The summed E-state index contributed by atoms with van der Waals surface area (Å²) >= 11 is 7.19. The van der Waals surface area contributed by atoms with Crippen molar-refractivity contribution in [2.45, 2.75) is 19.9 Å². The van der Waals surface area contributed by atoms with Crippen molar-refractivity contribution >= 4 is 31.9 Å². The predicted octanol–water partition coefficient (Wildman–Crippen LogP) is 5.23. The second kappa shape index (κ2) is 7.43. The van der Waals surface area contributed by atoms with Crippen LogP contribution in [0.3, 0.4) is 0 Å². The molecule has 0 saturated heterocycles. The molecule has 21 heavy (non-hydrogen) atoms. The molecule has 1 atom stereocenters. The third kappa shape index (κ3) is 3.87. The topological polar surface area (TPSA) is 21.3 Å². The van der Waals surface area contributed by atoms with E-state index in [0.717, 1.165) is 21.2 Å². The smallest absolute Gasteiger partial charge is 0.120 e. The van der Waals surface area contributed by atoms with E-state index in [4.69, 9.17) is 4.74 Å². The van der Waals surface area contributed by atoms with Crippen LogP contribution < -0.4 is 10.1 Å². The molecule has 2 rings (SSSR count). The Balaban J connectivity index is 2.48. The molecule has 2 nitrogen and oxygen atoms in total. The van der Waals surface area contributed by atoms with Gasteiger partial charge in [-0.05, 0) is 54.4 Å². The molecule has 0 fully saturated rings. The van der Waals surface area contributed by atoms with E-state index in [1.54, 1.807) is 7.11 Å². The van der Waals surface area contributed by atoms with Gasteiger partial charge in [-0.1, -0.05) is 50.9 Å². The molecule has 0 radical (unpaired) electrons. The number of benzene rings is 2. The van der Waals surface area contributed by atoms with E-state index in [2.05, 4.69) is 75.3 Å². The highest BCUT2D eigenvalue weighted by Gasteiger charge is 2.18. The number of halogens is 2. The lowest BCUT2D eigenvalue weighted by Crippen LogP contribution is -2.23. The van der Waals surface area contributed by atoms with Gasteiger partial charge in [0.1, 0.15) is 5.75 Å². The molecule has 2 aromatic rings. The molecule has 0 aliphatic rings. The van der Waals surface area contributed by atoms with Crippen LogP contribution in [-0.2, 0) is 0 Å². The molecule has 112 valence electrons. The van der Waals surface area contributed by atoms with E-state index >= 15 is 0 Å². The average Bonchev–Trinajstić information content (AvgIpc) is 2.46. The van der Waals surface area contributed by atoms with Gasteiger partial charge in [0.15, 0.2) is 0 Å². The molecule has 0 heterocycles. The standard InChI is InChI=1S/C17H19Br2NO/c1-4-20-17(14-7-5-12(18)9-11(14)2)15-8-6-13(21-3)10-16(15)19/h5-10,17,20H,4H2,1-3H3. The van der Waals surface area contributed by atoms with Crippen LogP contribution in [0, 0.1) is 6.92 Å². The van der Waals surface area contributed by atoms with Gasteiger partial charge >= 0.3 is 0 Å². The molecule has 0 bridgehead atoms. The Morgan fingerprint density at radius 1 is 1.10 bits per heavy atom. The maximum absolute atomic E-state index is 5.28. The second-order valence-corrected chi connectivity index (χ2v) is 6.65. The van der Waals surface area contributed by atoms with Crippen LogP contribution in [0.1, 0.15) is 29.7 Å². The molecule has 0 aliphatic carbocycles. The molecule has 0 saturated carbocycles. The van der Waals surface area contributed by atoms with Gasteiger partial charge in [-0.15, -0.1) is 0 Å². The van der Waals surface area contributed by atoms with Gasteiger partial charge in [-0.3, -0.25) is 0 Å². The lowest BCUT2D eigenvalue weighted by molar-refractivity contribution is 0.414. The van der Waals surface area contributed by atoms with E-state index in [-0.39, 0.29) is 6.04 Å². The van der Waals surface area contributed by atoms with Crippen molar-refractivity contribution in [2.75, 3.05) is 13.7 Å². The highest BCUT2D eigenvalue weighted by atomic mass is 79.9. The first-order valence-electron chi connectivity index (χ1n) is 6.89. The molecule has 1 N–H and O–H groups in total. The molecule has 0 amide bonds. The van der Waals surface area contributed by atoms with Crippen LogP contribution in [-0.4, -0.2) is 13.7 Å². The van der Waals surface area contributed by atoms with E-state index in [0.29, 0.717) is 0 Å². The first-order valence-corrected chi connectivity index (χ1v) is 8.48. The summed E-state index contributed by atoms with van der Waals surface area (Å²) < 4.78 is 7.43. The van der Waals surface area contributed by atoms with Gasteiger partial charge < -0.3 is 10.1 Å². The van der Waals surface area contributed by atoms with Crippen molar-refractivity contribution < 1.29 is 4.74 Å². The molecule has 1 unspecified atom stereocenters. The lowest BCUT2D eigenvalue weighted by Gasteiger charge is -2.22. The van der Waals surface area contributed by atoms with E-state index in [9.17, 15) is 0 Å². The van der Waals surface area contributed by atoms with Crippen LogP contribution in [0.4, 0.5) is 0 Å². The Labute approximate surface area is 143 Å². The Kier molecular flexibility index (Phi) is 5.85. The Hall–Kier alpha value is -0.840. The van der Waals surface area contributed by atoms with Crippen molar-refractivity contribution in [3.63, 3.8) is 0 Å². The van der Waals surface area contributed by atoms with Gasteiger partial charge in [-0.25, -0.2) is 0 Å². The van der Waals surface area contributed by atoms with Crippen LogP contribution in [0.5, 0.6) is 5.75 Å². The second-order valence-electron chi connectivity index (χ2n) is 4.88. The zero-order valence-corrected chi connectivity index (χ0v) is 15.6. The van der Waals surface area contributed by atoms with Crippen molar-refractivity contribution in [1.29, 1.82) is 0 Å². The molecule has 0 aromatic heterocycles. The van der Waals surface area contributed by atoms with Gasteiger partial charge in [-0.2, -0.15) is 0 Å². The third-order valence-electron chi connectivity index (χ3n) is 3.47. The quantitative estimate of drug-likeness (QED) is 0.725. The number of nitrogens with one attached hydrogen (secondary N) is 1. The van der Waals surface area contributed by atoms with E-state index < -0.39 is 0 Å². The average molecular weight is 413 g/mol. The Bertz CT molecular complexity index is 628. The summed E-state index contributed by atoms with van der Waals surface area (Å²) in [6, 6.07) is 12.7. The van der Waals surface area contributed by atoms with Crippen LogP contribution >= 0.6 is 31.9 Å².